The second kappa shape index (κ2) is 7.89. The van der Waals surface area contributed by atoms with E-state index in [2.05, 4.69) is 16.9 Å². The van der Waals surface area contributed by atoms with Gasteiger partial charge in [-0.05, 0) is 37.5 Å². The van der Waals surface area contributed by atoms with Crippen LogP contribution in [0.1, 0.15) is 25.7 Å². The minimum Gasteiger partial charge on any atom is -0.480 e. The third-order valence-corrected chi connectivity index (χ3v) is 5.55. The van der Waals surface area contributed by atoms with Crippen molar-refractivity contribution in [2.24, 2.45) is 0 Å². The molecule has 7 heteroatoms. The highest BCUT2D eigenvalue weighted by atomic mass is 32.2. The van der Waals surface area contributed by atoms with Gasteiger partial charge in [0.2, 0.25) is 0 Å². The lowest BCUT2D eigenvalue weighted by atomic mass is 9.84. The molecule has 1 aliphatic rings. The standard InChI is InChI=1S/C12H22N2O3S2/c1-18-7-4-9(10(15)16)14-11(17)13-8-12(19-2)5-3-6-12/h9H,3-8H2,1-2H3,(H,15,16)(H2,13,14,17)/t9-/m1/s1. The van der Waals surface area contributed by atoms with Gasteiger partial charge in [0, 0.05) is 11.3 Å². The highest BCUT2D eigenvalue weighted by Crippen LogP contribution is 2.42. The predicted molar refractivity (Wildman–Crippen MR) is 81.1 cm³/mol. The molecule has 0 aromatic rings. The van der Waals surface area contributed by atoms with E-state index < -0.39 is 12.0 Å². The van der Waals surface area contributed by atoms with Crippen molar-refractivity contribution in [3.05, 3.63) is 0 Å². The van der Waals surface area contributed by atoms with Crippen LogP contribution in [0, 0.1) is 0 Å². The zero-order valence-electron chi connectivity index (χ0n) is 11.4. The van der Waals surface area contributed by atoms with Crippen molar-refractivity contribution < 1.29 is 14.7 Å². The van der Waals surface area contributed by atoms with Gasteiger partial charge >= 0.3 is 12.0 Å². The molecule has 1 rings (SSSR count). The third kappa shape index (κ3) is 5.14. The molecule has 19 heavy (non-hydrogen) atoms. The smallest absolute Gasteiger partial charge is 0.326 e. The summed E-state index contributed by atoms with van der Waals surface area (Å²) in [6.07, 6.45) is 7.84. The first kappa shape index (κ1) is 16.5. The van der Waals surface area contributed by atoms with Gasteiger partial charge in [0.05, 0.1) is 0 Å². The van der Waals surface area contributed by atoms with Crippen LogP contribution in [0.15, 0.2) is 0 Å². The predicted octanol–water partition coefficient (Wildman–Crippen LogP) is 1.78. The van der Waals surface area contributed by atoms with Crippen LogP contribution in [0.4, 0.5) is 4.79 Å². The van der Waals surface area contributed by atoms with Crippen LogP contribution in [0.5, 0.6) is 0 Å². The Morgan fingerprint density at radius 2 is 2.05 bits per heavy atom. The minimum absolute atomic E-state index is 0.162. The maximum absolute atomic E-state index is 11.7. The number of carboxylic acids is 1. The van der Waals surface area contributed by atoms with E-state index in [9.17, 15) is 9.59 Å². The van der Waals surface area contributed by atoms with E-state index in [1.807, 2.05) is 6.26 Å². The van der Waals surface area contributed by atoms with Gasteiger partial charge < -0.3 is 15.7 Å². The van der Waals surface area contributed by atoms with Crippen LogP contribution >= 0.6 is 23.5 Å². The average molecular weight is 306 g/mol. The van der Waals surface area contributed by atoms with Crippen molar-refractivity contribution in [3.8, 4) is 0 Å². The number of urea groups is 1. The van der Waals surface area contributed by atoms with Crippen molar-refractivity contribution >= 4 is 35.5 Å². The van der Waals surface area contributed by atoms with Crippen molar-refractivity contribution in [1.29, 1.82) is 0 Å². The molecule has 110 valence electrons. The lowest BCUT2D eigenvalue weighted by Gasteiger charge is -2.40. The van der Waals surface area contributed by atoms with Crippen molar-refractivity contribution in [1.82, 2.24) is 10.6 Å². The lowest BCUT2D eigenvalue weighted by molar-refractivity contribution is -0.139. The van der Waals surface area contributed by atoms with Gasteiger partial charge in [0.15, 0.2) is 0 Å². The van der Waals surface area contributed by atoms with E-state index >= 15 is 0 Å². The normalized spacial score (nSPS) is 18.2. The Labute approximate surface area is 122 Å². The molecule has 0 bridgehead atoms. The lowest BCUT2D eigenvalue weighted by Crippen LogP contribution is -2.51. The maximum Gasteiger partial charge on any atom is 0.326 e. The number of carbonyl (C=O) groups excluding carboxylic acids is 1. The molecular weight excluding hydrogens is 284 g/mol. The molecule has 0 heterocycles. The second-order valence-electron chi connectivity index (χ2n) is 4.74. The SMILES string of the molecule is CSCC[C@@H](NC(=O)NCC1(SC)CCC1)C(=O)O. The number of thioether (sulfide) groups is 2. The molecule has 1 saturated carbocycles. The first-order chi connectivity index (χ1) is 9.03. The topological polar surface area (TPSA) is 78.4 Å². The van der Waals surface area contributed by atoms with Gasteiger partial charge in [0.1, 0.15) is 6.04 Å². The number of carbonyl (C=O) groups is 2. The monoisotopic (exact) mass is 306 g/mol. The summed E-state index contributed by atoms with van der Waals surface area (Å²) in [6.45, 7) is 0.606. The molecular formula is C12H22N2O3S2. The molecule has 0 radical (unpaired) electrons. The zero-order chi connectivity index (χ0) is 14.3. The number of hydrogen-bond acceptors (Lipinski definition) is 4. The van der Waals surface area contributed by atoms with Gasteiger partial charge in [-0.2, -0.15) is 23.5 Å². The van der Waals surface area contributed by atoms with Crippen LogP contribution in [-0.2, 0) is 4.79 Å². The van der Waals surface area contributed by atoms with Crippen molar-refractivity contribution in [2.75, 3.05) is 24.8 Å². The Kier molecular flexibility index (Phi) is 6.85. The number of amides is 2. The van der Waals surface area contributed by atoms with Crippen molar-refractivity contribution in [2.45, 2.75) is 36.5 Å². The average Bonchev–Trinajstić information content (AvgIpc) is 2.33. The summed E-state index contributed by atoms with van der Waals surface area (Å²) < 4.78 is 0.162. The molecule has 0 aliphatic heterocycles. The molecule has 1 fully saturated rings. The molecule has 0 spiro atoms. The number of rotatable bonds is 8. The van der Waals surface area contributed by atoms with Crippen molar-refractivity contribution in [3.63, 3.8) is 0 Å². The fourth-order valence-electron chi connectivity index (χ4n) is 1.97. The van der Waals surface area contributed by atoms with Gasteiger partial charge in [-0.15, -0.1) is 0 Å². The summed E-state index contributed by atoms with van der Waals surface area (Å²) in [6, 6.07) is -1.19. The highest BCUT2D eigenvalue weighted by Gasteiger charge is 2.36. The Morgan fingerprint density at radius 1 is 1.37 bits per heavy atom. The van der Waals surface area contributed by atoms with Crippen LogP contribution in [0.25, 0.3) is 0 Å². The first-order valence-corrected chi connectivity index (χ1v) is 8.96. The number of hydrogen-bond donors (Lipinski definition) is 3. The minimum atomic E-state index is -0.979. The molecule has 1 aliphatic carbocycles. The molecule has 0 saturated heterocycles. The summed E-state index contributed by atoms with van der Waals surface area (Å²) in [4.78, 5) is 22.7. The summed E-state index contributed by atoms with van der Waals surface area (Å²) in [7, 11) is 0. The summed E-state index contributed by atoms with van der Waals surface area (Å²) in [5.41, 5.74) is 0. The largest absolute Gasteiger partial charge is 0.480 e. The van der Waals surface area contributed by atoms with Crippen LogP contribution in [0.2, 0.25) is 0 Å². The summed E-state index contributed by atoms with van der Waals surface area (Å²) >= 11 is 3.35. The summed E-state index contributed by atoms with van der Waals surface area (Å²) in [5.74, 6) is -0.265. The Balaban J connectivity index is 2.33. The fourth-order valence-corrected chi connectivity index (χ4v) is 3.35. The maximum atomic E-state index is 11.7. The molecule has 0 aromatic heterocycles. The van der Waals surface area contributed by atoms with E-state index in [0.29, 0.717) is 18.7 Å². The molecule has 0 unspecified atom stereocenters. The Hall–Kier alpha value is -0.560. The Bertz CT molecular complexity index is 317. The second-order valence-corrected chi connectivity index (χ2v) is 7.00. The van der Waals surface area contributed by atoms with Crippen LogP contribution in [-0.4, -0.2) is 52.7 Å². The molecule has 3 N–H and O–H groups in total. The zero-order valence-corrected chi connectivity index (χ0v) is 13.0. The highest BCUT2D eigenvalue weighted by molar-refractivity contribution is 8.00. The fraction of sp³-hybridized carbons (Fsp3) is 0.833. The number of aliphatic carboxylic acids is 1. The van der Waals surface area contributed by atoms with E-state index in [1.165, 1.54) is 6.42 Å². The van der Waals surface area contributed by atoms with E-state index in [0.717, 1.165) is 12.8 Å². The van der Waals surface area contributed by atoms with Gasteiger partial charge in [-0.3, -0.25) is 0 Å². The van der Waals surface area contributed by atoms with Crippen LogP contribution in [0.3, 0.4) is 0 Å². The van der Waals surface area contributed by atoms with Gasteiger partial charge in [-0.1, -0.05) is 6.42 Å². The summed E-state index contributed by atoms with van der Waals surface area (Å²) in [5, 5.41) is 14.3. The number of nitrogens with one attached hydrogen (secondary N) is 2. The first-order valence-electron chi connectivity index (χ1n) is 6.34. The number of carboxylic acid groups (broad SMARTS) is 1. The van der Waals surface area contributed by atoms with E-state index in [4.69, 9.17) is 5.11 Å². The molecule has 0 aromatic carbocycles. The Morgan fingerprint density at radius 3 is 2.47 bits per heavy atom. The van der Waals surface area contributed by atoms with Gasteiger partial charge in [-0.25, -0.2) is 9.59 Å². The van der Waals surface area contributed by atoms with E-state index in [-0.39, 0.29) is 10.8 Å². The molecule has 5 nitrogen and oxygen atoms in total. The van der Waals surface area contributed by atoms with Gasteiger partial charge in [0.25, 0.3) is 0 Å². The quantitative estimate of drug-likeness (QED) is 0.637. The van der Waals surface area contributed by atoms with Crippen LogP contribution < -0.4 is 10.6 Å². The molecule has 1 atom stereocenters. The third-order valence-electron chi connectivity index (χ3n) is 3.48. The van der Waals surface area contributed by atoms with E-state index in [1.54, 1.807) is 23.5 Å². The molecule has 2 amide bonds.